The lowest BCUT2D eigenvalue weighted by molar-refractivity contribution is -0.142. The molecule has 0 aliphatic carbocycles. The first-order valence-corrected chi connectivity index (χ1v) is 11.8. The standard InChI is InChI=1S/C26H24F2N6O5/c1-14-11-15(2)20(16(3)12-14)23(36)39-21-18(13-30-33-29)38-24(26(21,27)28)34-10-9-19(32-25(34)37)31-22(35)17-7-5-4-6-8-17/h4-12,18,21,24H,13H2,1-3H3,(H,31,32,35,37)/t18-,21-,24-/m1/s1. The lowest BCUT2D eigenvalue weighted by Gasteiger charge is -2.24. The van der Waals surface area contributed by atoms with Crippen LogP contribution >= 0.6 is 0 Å². The van der Waals surface area contributed by atoms with Crippen molar-refractivity contribution in [2.45, 2.75) is 45.1 Å². The van der Waals surface area contributed by atoms with Crippen LogP contribution in [0.5, 0.6) is 0 Å². The molecule has 0 saturated carbocycles. The Bertz CT molecular complexity index is 1500. The summed E-state index contributed by atoms with van der Waals surface area (Å²) in [5.74, 6) is -5.64. The Labute approximate surface area is 221 Å². The highest BCUT2D eigenvalue weighted by Crippen LogP contribution is 2.44. The van der Waals surface area contributed by atoms with E-state index in [0.29, 0.717) is 21.3 Å². The Hall–Kier alpha value is -4.61. The highest BCUT2D eigenvalue weighted by Gasteiger charge is 2.62. The number of halogens is 2. The van der Waals surface area contributed by atoms with Gasteiger partial charge in [0.1, 0.15) is 11.9 Å². The van der Waals surface area contributed by atoms with Crippen molar-refractivity contribution in [3.63, 3.8) is 0 Å². The number of aryl methyl sites for hydroxylation is 3. The summed E-state index contributed by atoms with van der Waals surface area (Å²) < 4.78 is 42.6. The normalized spacial score (nSPS) is 19.7. The zero-order valence-corrected chi connectivity index (χ0v) is 21.2. The number of hydrogen-bond acceptors (Lipinski definition) is 7. The molecule has 0 radical (unpaired) electrons. The van der Waals surface area contributed by atoms with Gasteiger partial charge in [-0.05, 0) is 55.6 Å². The number of hydrogen-bond donors (Lipinski definition) is 1. The minimum absolute atomic E-state index is 0.125. The number of esters is 1. The van der Waals surface area contributed by atoms with Gasteiger partial charge in [-0.2, -0.15) is 13.8 Å². The Balaban J connectivity index is 1.61. The molecule has 11 nitrogen and oxygen atoms in total. The molecule has 3 atom stereocenters. The fourth-order valence-electron chi connectivity index (χ4n) is 4.49. The number of nitrogens with zero attached hydrogens (tertiary/aromatic N) is 5. The van der Waals surface area contributed by atoms with E-state index >= 15 is 8.78 Å². The van der Waals surface area contributed by atoms with Gasteiger partial charge in [0.25, 0.3) is 5.91 Å². The molecule has 202 valence electrons. The van der Waals surface area contributed by atoms with Crippen molar-refractivity contribution in [1.82, 2.24) is 9.55 Å². The van der Waals surface area contributed by atoms with E-state index in [4.69, 9.17) is 15.0 Å². The topological polar surface area (TPSA) is 148 Å². The molecule has 4 rings (SSSR count). The van der Waals surface area contributed by atoms with Crippen LogP contribution in [-0.2, 0) is 9.47 Å². The summed E-state index contributed by atoms with van der Waals surface area (Å²) in [6.45, 7) is 4.56. The maximum atomic E-state index is 15.7. The number of rotatable bonds is 7. The Morgan fingerprint density at radius 3 is 2.46 bits per heavy atom. The minimum atomic E-state index is -3.92. The maximum Gasteiger partial charge on any atom is 0.351 e. The van der Waals surface area contributed by atoms with Gasteiger partial charge in [0.05, 0.1) is 12.1 Å². The lowest BCUT2D eigenvalue weighted by Crippen LogP contribution is -2.44. The molecule has 1 aromatic heterocycles. The Kier molecular flexibility index (Phi) is 7.75. The van der Waals surface area contributed by atoms with E-state index in [0.717, 1.165) is 17.8 Å². The number of azide groups is 1. The van der Waals surface area contributed by atoms with Crippen molar-refractivity contribution in [2.75, 3.05) is 11.9 Å². The van der Waals surface area contributed by atoms with Gasteiger partial charge in [-0.15, -0.1) is 0 Å². The summed E-state index contributed by atoms with van der Waals surface area (Å²) in [6.07, 6.45) is -4.98. The van der Waals surface area contributed by atoms with Crippen molar-refractivity contribution >= 4 is 17.7 Å². The molecule has 13 heteroatoms. The number of carbonyl (C=O) groups excluding carboxylic acids is 2. The van der Waals surface area contributed by atoms with Gasteiger partial charge in [0.2, 0.25) is 6.23 Å². The van der Waals surface area contributed by atoms with Crippen LogP contribution in [0.3, 0.4) is 0 Å². The molecule has 0 unspecified atom stereocenters. The van der Waals surface area contributed by atoms with E-state index in [-0.39, 0.29) is 11.4 Å². The quantitative estimate of drug-likeness (QED) is 0.203. The zero-order valence-electron chi connectivity index (χ0n) is 21.2. The van der Waals surface area contributed by atoms with E-state index in [2.05, 4.69) is 20.3 Å². The summed E-state index contributed by atoms with van der Waals surface area (Å²) >= 11 is 0. The largest absolute Gasteiger partial charge is 0.449 e. The summed E-state index contributed by atoms with van der Waals surface area (Å²) in [4.78, 5) is 44.3. The molecule has 2 aromatic carbocycles. The first-order chi connectivity index (χ1) is 18.5. The molecule has 39 heavy (non-hydrogen) atoms. The van der Waals surface area contributed by atoms with Gasteiger partial charge in [0, 0.05) is 16.7 Å². The number of aromatic nitrogens is 2. The molecule has 0 spiro atoms. The third-order valence-corrected chi connectivity index (χ3v) is 6.15. The summed E-state index contributed by atoms with van der Waals surface area (Å²) in [7, 11) is 0. The van der Waals surface area contributed by atoms with E-state index < -0.39 is 48.5 Å². The molecule has 0 bridgehead atoms. The van der Waals surface area contributed by atoms with E-state index in [1.807, 2.05) is 6.92 Å². The van der Waals surface area contributed by atoms with Gasteiger partial charge in [0.15, 0.2) is 6.10 Å². The molecule has 1 fully saturated rings. The summed E-state index contributed by atoms with van der Waals surface area (Å²) in [5.41, 5.74) is 9.96. The smallest absolute Gasteiger partial charge is 0.351 e. The molecule has 1 aliphatic heterocycles. The van der Waals surface area contributed by atoms with Crippen molar-refractivity contribution in [1.29, 1.82) is 0 Å². The minimum Gasteiger partial charge on any atom is -0.449 e. The number of carbonyl (C=O) groups is 2. The van der Waals surface area contributed by atoms with Crippen LogP contribution < -0.4 is 11.0 Å². The van der Waals surface area contributed by atoms with Gasteiger partial charge in [-0.1, -0.05) is 41.0 Å². The number of nitrogens with one attached hydrogen (secondary N) is 1. The molecule has 3 aromatic rings. The predicted molar refractivity (Wildman–Crippen MR) is 136 cm³/mol. The first-order valence-electron chi connectivity index (χ1n) is 11.8. The number of ether oxygens (including phenoxy) is 2. The number of benzene rings is 2. The summed E-state index contributed by atoms with van der Waals surface area (Å²) in [5, 5.41) is 5.73. The van der Waals surface area contributed by atoms with E-state index in [1.54, 1.807) is 56.3 Å². The second-order valence-electron chi connectivity index (χ2n) is 9.04. The monoisotopic (exact) mass is 538 g/mol. The van der Waals surface area contributed by atoms with Gasteiger partial charge >= 0.3 is 17.6 Å². The highest BCUT2D eigenvalue weighted by molar-refractivity contribution is 6.03. The third kappa shape index (κ3) is 5.64. The van der Waals surface area contributed by atoms with Crippen molar-refractivity contribution < 1.29 is 27.8 Å². The van der Waals surface area contributed by atoms with Crippen LogP contribution in [0.4, 0.5) is 14.6 Å². The first kappa shape index (κ1) is 27.4. The fraction of sp³-hybridized carbons (Fsp3) is 0.308. The molecule has 1 amide bonds. The van der Waals surface area contributed by atoms with Gasteiger partial charge < -0.3 is 14.8 Å². The van der Waals surface area contributed by atoms with E-state index in [1.165, 1.54) is 0 Å². The Morgan fingerprint density at radius 1 is 1.18 bits per heavy atom. The summed E-state index contributed by atoms with van der Waals surface area (Å²) in [6, 6.07) is 12.7. The molecular weight excluding hydrogens is 514 g/mol. The van der Waals surface area contributed by atoms with Crippen LogP contribution in [0.25, 0.3) is 10.4 Å². The molecule has 1 N–H and O–H groups in total. The molecule has 1 aliphatic rings. The predicted octanol–water partition coefficient (Wildman–Crippen LogP) is 4.49. The SMILES string of the molecule is Cc1cc(C)c(C(=O)O[C@@H]2[C@@H](CN=[N+]=[N-])O[C@@H](n3ccc(NC(=O)c4ccccc4)nc3=O)C2(F)F)c(C)c1. The van der Waals surface area contributed by atoms with Crippen molar-refractivity contribution in [3.05, 3.63) is 103 Å². The third-order valence-electron chi connectivity index (χ3n) is 6.15. The maximum absolute atomic E-state index is 15.7. The molecular formula is C26H24F2N6O5. The zero-order chi connectivity index (χ0) is 28.3. The fourth-order valence-corrected chi connectivity index (χ4v) is 4.49. The van der Waals surface area contributed by atoms with Crippen molar-refractivity contribution in [2.24, 2.45) is 5.11 Å². The van der Waals surface area contributed by atoms with Gasteiger partial charge in [-0.3, -0.25) is 9.36 Å². The van der Waals surface area contributed by atoms with Gasteiger partial charge in [-0.25, -0.2) is 9.59 Å². The van der Waals surface area contributed by atoms with Crippen LogP contribution in [0.2, 0.25) is 0 Å². The van der Waals surface area contributed by atoms with Crippen LogP contribution in [0.15, 0.2) is 64.6 Å². The number of amides is 1. The average Bonchev–Trinajstić information content (AvgIpc) is 3.12. The number of alkyl halides is 2. The van der Waals surface area contributed by atoms with Crippen molar-refractivity contribution in [3.8, 4) is 0 Å². The Morgan fingerprint density at radius 2 is 1.85 bits per heavy atom. The van der Waals surface area contributed by atoms with Crippen LogP contribution in [0.1, 0.15) is 43.6 Å². The second-order valence-corrected chi connectivity index (χ2v) is 9.04. The average molecular weight is 539 g/mol. The molecule has 2 heterocycles. The second kappa shape index (κ2) is 11.0. The van der Waals surface area contributed by atoms with Crippen LogP contribution in [0, 0.1) is 20.8 Å². The highest BCUT2D eigenvalue weighted by atomic mass is 19.3. The molecule has 1 saturated heterocycles. The van der Waals surface area contributed by atoms with Crippen LogP contribution in [-0.4, -0.2) is 46.1 Å². The lowest BCUT2D eigenvalue weighted by atomic mass is 10.00. The van der Waals surface area contributed by atoms with E-state index in [9.17, 15) is 14.4 Å². The number of anilines is 1.